The lowest BCUT2D eigenvalue weighted by molar-refractivity contribution is -0.393. The smallest absolute Gasteiger partial charge is 0.301 e. The van der Waals surface area contributed by atoms with Crippen LogP contribution in [-0.2, 0) is 0 Å². The molecule has 0 unspecified atom stereocenters. The summed E-state index contributed by atoms with van der Waals surface area (Å²) in [5.41, 5.74) is 2.53. The van der Waals surface area contributed by atoms with Gasteiger partial charge in [-0.3, -0.25) is 25.7 Å². The molecule has 2 aromatic carbocycles. The van der Waals surface area contributed by atoms with Crippen LogP contribution in [-0.4, -0.2) is 22.7 Å². The zero-order valence-electron chi connectivity index (χ0n) is 14.1. The fraction of sp³-hybridized carbons (Fsp3) is 0.235. The number of hydrazone groups is 1. The number of para-hydroxylation sites is 1. The van der Waals surface area contributed by atoms with Crippen molar-refractivity contribution in [2.24, 2.45) is 5.10 Å². The molecule has 0 saturated heterocycles. The lowest BCUT2D eigenvalue weighted by atomic mass is 10.2. The number of hydrogen-bond donors (Lipinski definition) is 1. The lowest BCUT2D eigenvalue weighted by Crippen LogP contribution is -2.01. The van der Waals surface area contributed by atoms with Gasteiger partial charge in [0.1, 0.15) is 11.4 Å². The fourth-order valence-corrected chi connectivity index (χ4v) is 2.10. The lowest BCUT2D eigenvalue weighted by Gasteiger charge is -2.08. The largest absolute Gasteiger partial charge is 0.493 e. The first-order valence-corrected chi connectivity index (χ1v) is 7.96. The molecule has 0 spiro atoms. The molecule has 9 nitrogen and oxygen atoms in total. The third-order valence-electron chi connectivity index (χ3n) is 3.45. The zero-order valence-corrected chi connectivity index (χ0v) is 14.1. The van der Waals surface area contributed by atoms with Crippen LogP contribution in [0.15, 0.2) is 47.6 Å². The molecule has 0 radical (unpaired) electrons. The van der Waals surface area contributed by atoms with Crippen molar-refractivity contribution >= 4 is 23.3 Å². The topological polar surface area (TPSA) is 120 Å². The number of nitro groups is 2. The van der Waals surface area contributed by atoms with Crippen LogP contribution in [0.2, 0.25) is 0 Å². The van der Waals surface area contributed by atoms with Crippen molar-refractivity contribution in [1.29, 1.82) is 0 Å². The minimum absolute atomic E-state index is 0.0567. The number of hydrogen-bond acceptors (Lipinski definition) is 7. The molecule has 9 heteroatoms. The van der Waals surface area contributed by atoms with Crippen LogP contribution < -0.4 is 10.2 Å². The predicted octanol–water partition coefficient (Wildman–Crippen LogP) is 4.13. The molecule has 0 amide bonds. The van der Waals surface area contributed by atoms with E-state index < -0.39 is 15.5 Å². The van der Waals surface area contributed by atoms with Gasteiger partial charge in [0.2, 0.25) is 0 Å². The zero-order chi connectivity index (χ0) is 18.9. The summed E-state index contributed by atoms with van der Waals surface area (Å²) in [5, 5.41) is 25.8. The van der Waals surface area contributed by atoms with Gasteiger partial charge in [0.05, 0.1) is 28.7 Å². The highest BCUT2D eigenvalue weighted by atomic mass is 16.6. The first kappa shape index (κ1) is 18.8. The summed E-state index contributed by atoms with van der Waals surface area (Å²) in [7, 11) is 0. The molecule has 0 heterocycles. The van der Waals surface area contributed by atoms with Gasteiger partial charge in [0.25, 0.3) is 5.69 Å². The van der Waals surface area contributed by atoms with Crippen LogP contribution in [0.4, 0.5) is 17.1 Å². The van der Waals surface area contributed by atoms with E-state index in [9.17, 15) is 20.2 Å². The van der Waals surface area contributed by atoms with Gasteiger partial charge in [-0.2, -0.15) is 5.10 Å². The number of unbranched alkanes of at least 4 members (excludes halogenated alkanes) is 1. The number of nitro benzene ring substituents is 2. The first-order chi connectivity index (χ1) is 12.5. The average Bonchev–Trinajstić information content (AvgIpc) is 2.63. The fourth-order valence-electron chi connectivity index (χ4n) is 2.10. The number of rotatable bonds is 9. The summed E-state index contributed by atoms with van der Waals surface area (Å²) in [6.07, 6.45) is 3.42. The van der Waals surface area contributed by atoms with Gasteiger partial charge in [-0.15, -0.1) is 0 Å². The minimum atomic E-state index is -0.702. The maximum atomic E-state index is 11.1. The Morgan fingerprint density at radius 1 is 1.15 bits per heavy atom. The molecule has 0 aliphatic carbocycles. The Balaban J connectivity index is 2.16. The molecule has 0 fully saturated rings. The number of ether oxygens (including phenoxy) is 1. The highest BCUT2D eigenvalue weighted by Gasteiger charge is 2.19. The van der Waals surface area contributed by atoms with Crippen molar-refractivity contribution in [2.45, 2.75) is 19.8 Å². The van der Waals surface area contributed by atoms with Crippen molar-refractivity contribution in [3.8, 4) is 5.75 Å². The predicted molar refractivity (Wildman–Crippen MR) is 97.8 cm³/mol. The average molecular weight is 358 g/mol. The van der Waals surface area contributed by atoms with Crippen LogP contribution in [0.25, 0.3) is 0 Å². The molecular formula is C17H18N4O5. The molecule has 0 aliphatic rings. The molecule has 136 valence electrons. The van der Waals surface area contributed by atoms with E-state index in [-0.39, 0.29) is 11.4 Å². The highest BCUT2D eigenvalue weighted by molar-refractivity contribution is 5.84. The van der Waals surface area contributed by atoms with Gasteiger partial charge in [0.15, 0.2) is 0 Å². The van der Waals surface area contributed by atoms with Crippen LogP contribution in [0, 0.1) is 20.2 Å². The van der Waals surface area contributed by atoms with E-state index in [2.05, 4.69) is 17.5 Å². The standard InChI is InChI=1S/C17H18N4O5/c1-2-3-10-26-17-7-5-4-6-13(17)12-18-19-15-9-8-14(20(22)23)11-16(15)21(24)25/h4-9,11-12,19H,2-3,10H2,1H3/b18-12-. The molecule has 0 aliphatic heterocycles. The number of anilines is 1. The van der Waals surface area contributed by atoms with Gasteiger partial charge in [-0.25, -0.2) is 0 Å². The Morgan fingerprint density at radius 3 is 2.62 bits per heavy atom. The molecule has 2 aromatic rings. The van der Waals surface area contributed by atoms with Crippen molar-refractivity contribution < 1.29 is 14.6 Å². The molecule has 0 bridgehead atoms. The van der Waals surface area contributed by atoms with Gasteiger partial charge in [-0.05, 0) is 24.6 Å². The molecule has 0 saturated carbocycles. The summed E-state index contributed by atoms with van der Waals surface area (Å²) in [6.45, 7) is 2.65. The van der Waals surface area contributed by atoms with E-state index in [1.165, 1.54) is 18.3 Å². The number of nitrogens with one attached hydrogen (secondary N) is 1. The third kappa shape index (κ3) is 5.00. The summed E-state index contributed by atoms with van der Waals surface area (Å²) in [4.78, 5) is 20.5. The van der Waals surface area contributed by atoms with Crippen molar-refractivity contribution in [3.63, 3.8) is 0 Å². The molecule has 2 rings (SSSR count). The Bertz CT molecular complexity index is 823. The molecule has 1 N–H and O–H groups in total. The second kappa shape index (κ2) is 9.11. The maximum Gasteiger partial charge on any atom is 0.301 e. The van der Waals surface area contributed by atoms with E-state index in [0.717, 1.165) is 18.9 Å². The molecule has 0 atom stereocenters. The van der Waals surface area contributed by atoms with Gasteiger partial charge < -0.3 is 4.74 Å². The van der Waals surface area contributed by atoms with E-state index in [1.807, 2.05) is 18.2 Å². The van der Waals surface area contributed by atoms with E-state index >= 15 is 0 Å². The third-order valence-corrected chi connectivity index (χ3v) is 3.45. The Morgan fingerprint density at radius 2 is 1.92 bits per heavy atom. The quantitative estimate of drug-likeness (QED) is 0.311. The Hall–Kier alpha value is -3.49. The first-order valence-electron chi connectivity index (χ1n) is 7.96. The van der Waals surface area contributed by atoms with Crippen LogP contribution in [0.3, 0.4) is 0 Å². The van der Waals surface area contributed by atoms with Gasteiger partial charge in [-0.1, -0.05) is 25.5 Å². The number of benzene rings is 2. The van der Waals surface area contributed by atoms with E-state index in [1.54, 1.807) is 6.07 Å². The number of nitrogens with zero attached hydrogens (tertiary/aromatic N) is 3. The van der Waals surface area contributed by atoms with E-state index in [0.29, 0.717) is 17.9 Å². The summed E-state index contributed by atoms with van der Waals surface area (Å²) in [5.74, 6) is 0.657. The minimum Gasteiger partial charge on any atom is -0.493 e. The van der Waals surface area contributed by atoms with Crippen molar-refractivity contribution in [3.05, 3.63) is 68.3 Å². The normalized spacial score (nSPS) is 10.7. The van der Waals surface area contributed by atoms with Crippen LogP contribution in [0.5, 0.6) is 5.75 Å². The SMILES string of the molecule is CCCCOc1ccccc1/C=N\Nc1ccc([N+](=O)[O-])cc1[N+](=O)[O-]. The molecule has 0 aromatic heterocycles. The molecular weight excluding hydrogens is 340 g/mol. The van der Waals surface area contributed by atoms with Crippen molar-refractivity contribution in [2.75, 3.05) is 12.0 Å². The van der Waals surface area contributed by atoms with Crippen LogP contribution in [0.1, 0.15) is 25.3 Å². The highest BCUT2D eigenvalue weighted by Crippen LogP contribution is 2.29. The van der Waals surface area contributed by atoms with E-state index in [4.69, 9.17) is 4.74 Å². The summed E-state index contributed by atoms with van der Waals surface area (Å²) < 4.78 is 5.68. The van der Waals surface area contributed by atoms with Gasteiger partial charge >= 0.3 is 5.69 Å². The number of non-ortho nitro benzene ring substituents is 1. The van der Waals surface area contributed by atoms with Crippen molar-refractivity contribution in [1.82, 2.24) is 0 Å². The second-order valence-corrected chi connectivity index (χ2v) is 5.33. The summed E-state index contributed by atoms with van der Waals surface area (Å²) >= 11 is 0. The van der Waals surface area contributed by atoms with Gasteiger partial charge in [0, 0.05) is 11.6 Å². The monoisotopic (exact) mass is 358 g/mol. The second-order valence-electron chi connectivity index (χ2n) is 5.33. The van der Waals surface area contributed by atoms with Crippen LogP contribution >= 0.6 is 0 Å². The Kier molecular flexibility index (Phi) is 6.60. The Labute approximate surface area is 149 Å². The molecule has 26 heavy (non-hydrogen) atoms. The summed E-state index contributed by atoms with van der Waals surface area (Å²) in [6, 6.07) is 10.6. The maximum absolute atomic E-state index is 11.1.